The molecule has 2 rings (SSSR count). The second-order valence-corrected chi connectivity index (χ2v) is 5.59. The molecule has 0 radical (unpaired) electrons. The SMILES string of the molecule is Cc1ccc([N+](=O)[O-])c(OCCN2C[C@@H](C)O[C@H](C)C2)c1. The third-order valence-corrected chi connectivity index (χ3v) is 3.47. The molecule has 1 aliphatic rings. The predicted molar refractivity (Wildman–Crippen MR) is 79.8 cm³/mol. The fourth-order valence-electron chi connectivity index (χ4n) is 2.64. The van der Waals surface area contributed by atoms with E-state index >= 15 is 0 Å². The first-order chi connectivity index (χ1) is 9.95. The van der Waals surface area contributed by atoms with Gasteiger partial charge in [0.15, 0.2) is 5.75 Å². The van der Waals surface area contributed by atoms with Crippen LogP contribution in [0.15, 0.2) is 18.2 Å². The number of nitro benzene ring substituents is 1. The van der Waals surface area contributed by atoms with Crippen molar-refractivity contribution in [3.63, 3.8) is 0 Å². The van der Waals surface area contributed by atoms with Crippen LogP contribution in [0, 0.1) is 17.0 Å². The maximum absolute atomic E-state index is 11.0. The summed E-state index contributed by atoms with van der Waals surface area (Å²) in [7, 11) is 0. The van der Waals surface area contributed by atoms with Gasteiger partial charge in [-0.3, -0.25) is 15.0 Å². The van der Waals surface area contributed by atoms with Gasteiger partial charge in [0.05, 0.1) is 17.1 Å². The fourth-order valence-corrected chi connectivity index (χ4v) is 2.64. The lowest BCUT2D eigenvalue weighted by atomic mass is 10.2. The first-order valence-corrected chi connectivity index (χ1v) is 7.21. The summed E-state index contributed by atoms with van der Waals surface area (Å²) in [5.74, 6) is 0.342. The zero-order chi connectivity index (χ0) is 15.4. The predicted octanol–water partition coefficient (Wildman–Crippen LogP) is 2.39. The molecule has 0 aliphatic carbocycles. The third-order valence-electron chi connectivity index (χ3n) is 3.47. The Morgan fingerprint density at radius 3 is 2.67 bits per heavy atom. The molecule has 0 bridgehead atoms. The van der Waals surface area contributed by atoms with E-state index in [2.05, 4.69) is 18.7 Å². The van der Waals surface area contributed by atoms with Crippen molar-refractivity contribution in [3.05, 3.63) is 33.9 Å². The van der Waals surface area contributed by atoms with E-state index < -0.39 is 4.92 Å². The Hall–Kier alpha value is -1.66. The van der Waals surface area contributed by atoms with Crippen molar-refractivity contribution < 1.29 is 14.4 Å². The second kappa shape index (κ2) is 6.87. The number of morpholine rings is 1. The van der Waals surface area contributed by atoms with Crippen molar-refractivity contribution >= 4 is 5.69 Å². The molecule has 1 saturated heterocycles. The van der Waals surface area contributed by atoms with Crippen molar-refractivity contribution in [2.45, 2.75) is 33.0 Å². The minimum absolute atomic E-state index is 0.0179. The fraction of sp³-hybridized carbons (Fsp3) is 0.600. The molecule has 1 heterocycles. The summed E-state index contributed by atoms with van der Waals surface area (Å²) >= 11 is 0. The topological polar surface area (TPSA) is 64.8 Å². The molecule has 1 fully saturated rings. The average molecular weight is 294 g/mol. The van der Waals surface area contributed by atoms with Crippen molar-refractivity contribution in [3.8, 4) is 5.75 Å². The highest BCUT2D eigenvalue weighted by Crippen LogP contribution is 2.27. The second-order valence-electron chi connectivity index (χ2n) is 5.59. The van der Waals surface area contributed by atoms with E-state index in [1.54, 1.807) is 12.1 Å². The zero-order valence-corrected chi connectivity index (χ0v) is 12.7. The van der Waals surface area contributed by atoms with Gasteiger partial charge in [-0.15, -0.1) is 0 Å². The maximum Gasteiger partial charge on any atom is 0.310 e. The smallest absolute Gasteiger partial charge is 0.310 e. The zero-order valence-electron chi connectivity index (χ0n) is 12.7. The molecule has 1 aromatic rings. The van der Waals surface area contributed by atoms with Crippen LogP contribution in [0.2, 0.25) is 0 Å². The number of aryl methyl sites for hydroxylation is 1. The number of nitro groups is 1. The van der Waals surface area contributed by atoms with Crippen LogP contribution < -0.4 is 4.74 Å². The Balaban J connectivity index is 1.91. The molecule has 0 aromatic heterocycles. The third kappa shape index (κ3) is 4.41. The van der Waals surface area contributed by atoms with E-state index in [9.17, 15) is 10.1 Å². The van der Waals surface area contributed by atoms with Gasteiger partial charge in [-0.05, 0) is 32.4 Å². The van der Waals surface area contributed by atoms with Gasteiger partial charge in [0.1, 0.15) is 6.61 Å². The highest BCUT2D eigenvalue weighted by atomic mass is 16.6. The van der Waals surface area contributed by atoms with Crippen LogP contribution in [0.25, 0.3) is 0 Å². The molecule has 21 heavy (non-hydrogen) atoms. The molecule has 0 N–H and O–H groups in total. The summed E-state index contributed by atoms with van der Waals surface area (Å²) < 4.78 is 11.3. The van der Waals surface area contributed by atoms with Crippen LogP contribution in [0.5, 0.6) is 5.75 Å². The van der Waals surface area contributed by atoms with E-state index in [1.165, 1.54) is 6.07 Å². The van der Waals surface area contributed by atoms with Gasteiger partial charge < -0.3 is 9.47 Å². The van der Waals surface area contributed by atoms with E-state index in [0.29, 0.717) is 12.4 Å². The number of rotatable bonds is 5. The van der Waals surface area contributed by atoms with Crippen molar-refractivity contribution in [2.24, 2.45) is 0 Å². The average Bonchev–Trinajstić information content (AvgIpc) is 2.37. The van der Waals surface area contributed by atoms with Crippen molar-refractivity contribution in [2.75, 3.05) is 26.2 Å². The van der Waals surface area contributed by atoms with E-state index in [1.807, 2.05) is 6.92 Å². The number of hydrogen-bond acceptors (Lipinski definition) is 5. The highest BCUT2D eigenvalue weighted by Gasteiger charge is 2.22. The van der Waals surface area contributed by atoms with Crippen LogP contribution in [0.4, 0.5) is 5.69 Å². The molecule has 1 aromatic carbocycles. The molecule has 116 valence electrons. The van der Waals surface area contributed by atoms with Gasteiger partial charge in [-0.2, -0.15) is 0 Å². The lowest BCUT2D eigenvalue weighted by Gasteiger charge is -2.35. The number of ether oxygens (including phenoxy) is 2. The molecule has 0 spiro atoms. The minimum Gasteiger partial charge on any atom is -0.485 e. The Morgan fingerprint density at radius 1 is 1.38 bits per heavy atom. The summed E-state index contributed by atoms with van der Waals surface area (Å²) in [4.78, 5) is 12.8. The number of nitrogens with zero attached hydrogens (tertiary/aromatic N) is 2. The van der Waals surface area contributed by atoms with Gasteiger partial charge in [0.2, 0.25) is 0 Å². The standard InChI is InChI=1S/C15H22N2O4/c1-11-4-5-14(17(18)19)15(8-11)20-7-6-16-9-12(2)21-13(3)10-16/h4-5,8,12-13H,6-7,9-10H2,1-3H3/t12-,13-/m1/s1. The molecular formula is C15H22N2O4. The van der Waals surface area contributed by atoms with Gasteiger partial charge in [0.25, 0.3) is 0 Å². The molecule has 0 saturated carbocycles. The number of hydrogen-bond donors (Lipinski definition) is 0. The molecular weight excluding hydrogens is 272 g/mol. The van der Waals surface area contributed by atoms with Crippen LogP contribution in [0.1, 0.15) is 19.4 Å². The Morgan fingerprint density at radius 2 is 2.05 bits per heavy atom. The lowest BCUT2D eigenvalue weighted by Crippen LogP contribution is -2.46. The van der Waals surface area contributed by atoms with Crippen LogP contribution in [-0.4, -0.2) is 48.3 Å². The van der Waals surface area contributed by atoms with E-state index in [0.717, 1.165) is 25.2 Å². The minimum atomic E-state index is -0.409. The quantitative estimate of drug-likeness (QED) is 0.616. The number of benzene rings is 1. The summed E-state index contributed by atoms with van der Waals surface area (Å²) in [6.07, 6.45) is 0.420. The first kappa shape index (κ1) is 15.7. The van der Waals surface area contributed by atoms with Gasteiger partial charge in [0, 0.05) is 25.7 Å². The Bertz CT molecular complexity index is 496. The maximum atomic E-state index is 11.0. The van der Waals surface area contributed by atoms with Gasteiger partial charge >= 0.3 is 5.69 Å². The monoisotopic (exact) mass is 294 g/mol. The largest absolute Gasteiger partial charge is 0.485 e. The molecule has 1 aliphatic heterocycles. The molecule has 6 nitrogen and oxygen atoms in total. The lowest BCUT2D eigenvalue weighted by molar-refractivity contribution is -0.385. The van der Waals surface area contributed by atoms with Crippen molar-refractivity contribution in [1.82, 2.24) is 4.90 Å². The van der Waals surface area contributed by atoms with E-state index in [4.69, 9.17) is 9.47 Å². The molecule has 6 heteroatoms. The highest BCUT2D eigenvalue weighted by molar-refractivity contribution is 5.48. The Kier molecular flexibility index (Phi) is 5.14. The summed E-state index contributed by atoms with van der Waals surface area (Å²) in [5, 5.41) is 11.0. The van der Waals surface area contributed by atoms with E-state index in [-0.39, 0.29) is 17.9 Å². The van der Waals surface area contributed by atoms with Crippen LogP contribution >= 0.6 is 0 Å². The molecule has 0 amide bonds. The molecule has 2 atom stereocenters. The first-order valence-electron chi connectivity index (χ1n) is 7.21. The normalized spacial score (nSPS) is 23.0. The van der Waals surface area contributed by atoms with Crippen LogP contribution in [0.3, 0.4) is 0 Å². The van der Waals surface area contributed by atoms with Gasteiger partial charge in [-0.1, -0.05) is 6.07 Å². The summed E-state index contributed by atoms with van der Waals surface area (Å²) in [6, 6.07) is 4.92. The van der Waals surface area contributed by atoms with Crippen LogP contribution in [-0.2, 0) is 4.74 Å². The van der Waals surface area contributed by atoms with Crippen molar-refractivity contribution in [1.29, 1.82) is 0 Å². The molecule has 0 unspecified atom stereocenters. The summed E-state index contributed by atoms with van der Waals surface area (Å²) in [5.41, 5.74) is 0.966. The van der Waals surface area contributed by atoms with Gasteiger partial charge in [-0.25, -0.2) is 0 Å². The Labute approximate surface area is 124 Å². The summed E-state index contributed by atoms with van der Waals surface area (Å²) in [6.45, 7) is 8.89.